The van der Waals surface area contributed by atoms with Gasteiger partial charge in [0.2, 0.25) is 0 Å². The Hall–Kier alpha value is -0.191. The molecular formula is C21H34CuN5S-4. The van der Waals surface area contributed by atoms with Crippen LogP contribution in [0.4, 0.5) is 0 Å². The molecule has 0 aromatic heterocycles. The van der Waals surface area contributed by atoms with Crippen molar-refractivity contribution in [2.45, 2.75) is 88.4 Å². The average molecular weight is 452 g/mol. The SMILES string of the molecule is C1=CC(C2CCCC[N-]2)[N-]CC1.C1CCC(C2CCCC[N-]2)[N-]C1.N#C[S-].[Cu+]. The summed E-state index contributed by atoms with van der Waals surface area (Å²) in [4.78, 5) is 0. The van der Waals surface area contributed by atoms with Crippen molar-refractivity contribution in [2.24, 2.45) is 0 Å². The van der Waals surface area contributed by atoms with E-state index in [2.05, 4.69) is 46.0 Å². The fourth-order valence-electron chi connectivity index (χ4n) is 4.19. The van der Waals surface area contributed by atoms with Gasteiger partial charge < -0.3 is 33.9 Å². The fraction of sp³-hybridized carbons (Fsp3) is 0.857. The molecule has 5 nitrogen and oxygen atoms in total. The van der Waals surface area contributed by atoms with Crippen LogP contribution in [0.25, 0.3) is 21.3 Å². The number of piperidine rings is 3. The van der Waals surface area contributed by atoms with Crippen LogP contribution in [0.2, 0.25) is 0 Å². The molecule has 0 radical (unpaired) electrons. The molecule has 164 valence electrons. The van der Waals surface area contributed by atoms with E-state index in [1.807, 2.05) is 0 Å². The average Bonchev–Trinajstić information content (AvgIpc) is 2.77. The van der Waals surface area contributed by atoms with Gasteiger partial charge in [-0.2, -0.15) is 12.1 Å². The molecule has 0 spiro atoms. The first-order chi connectivity index (χ1) is 13.3. The Balaban J connectivity index is 0.000000239. The maximum Gasteiger partial charge on any atom is 1.00 e. The molecule has 0 N–H and O–H groups in total. The summed E-state index contributed by atoms with van der Waals surface area (Å²) in [7, 11) is 0. The van der Waals surface area contributed by atoms with Gasteiger partial charge >= 0.3 is 17.1 Å². The molecule has 4 aliphatic rings. The number of nitriles is 1. The van der Waals surface area contributed by atoms with E-state index in [1.165, 1.54) is 63.2 Å². The summed E-state index contributed by atoms with van der Waals surface area (Å²) in [6.45, 7) is 4.26. The smallest absolute Gasteiger partial charge is 0.696 e. The van der Waals surface area contributed by atoms with Crippen LogP contribution in [0, 0.1) is 10.7 Å². The summed E-state index contributed by atoms with van der Waals surface area (Å²) >= 11 is 3.70. The van der Waals surface area contributed by atoms with Gasteiger partial charge in [0.25, 0.3) is 0 Å². The zero-order chi connectivity index (χ0) is 19.2. The summed E-state index contributed by atoms with van der Waals surface area (Å²) in [5.41, 5.74) is 0. The van der Waals surface area contributed by atoms with E-state index in [0.29, 0.717) is 24.2 Å². The van der Waals surface area contributed by atoms with E-state index in [0.717, 1.165) is 32.6 Å². The van der Waals surface area contributed by atoms with Crippen molar-refractivity contribution < 1.29 is 17.1 Å². The quantitative estimate of drug-likeness (QED) is 0.241. The van der Waals surface area contributed by atoms with Gasteiger partial charge in [-0.1, -0.05) is 75.7 Å². The number of hydrogen-bond acceptors (Lipinski definition) is 2. The second kappa shape index (κ2) is 16.6. The summed E-state index contributed by atoms with van der Waals surface area (Å²) in [5, 5.41) is 27.0. The normalized spacial score (nSPS) is 32.2. The van der Waals surface area contributed by atoms with Crippen molar-refractivity contribution in [1.82, 2.24) is 0 Å². The van der Waals surface area contributed by atoms with Gasteiger partial charge in [-0.05, 0) is 0 Å². The molecule has 0 amide bonds. The Morgan fingerprint density at radius 2 is 1.18 bits per heavy atom. The molecule has 3 fully saturated rings. The van der Waals surface area contributed by atoms with Crippen molar-refractivity contribution in [3.05, 3.63) is 33.4 Å². The molecular weight excluding hydrogens is 418 g/mol. The minimum absolute atomic E-state index is 0. The zero-order valence-electron chi connectivity index (χ0n) is 16.8. The summed E-state index contributed by atoms with van der Waals surface area (Å²) < 4.78 is 0. The summed E-state index contributed by atoms with van der Waals surface area (Å²) in [6.07, 6.45) is 17.5. The van der Waals surface area contributed by atoms with Crippen LogP contribution in [-0.4, -0.2) is 50.3 Å². The van der Waals surface area contributed by atoms with E-state index in [4.69, 9.17) is 5.26 Å². The predicted molar refractivity (Wildman–Crippen MR) is 116 cm³/mol. The Kier molecular flexibility index (Phi) is 15.3. The van der Waals surface area contributed by atoms with Crippen molar-refractivity contribution in [1.29, 1.82) is 5.26 Å². The predicted octanol–water partition coefficient (Wildman–Crippen LogP) is 5.47. The molecule has 4 rings (SSSR count). The van der Waals surface area contributed by atoms with Crippen LogP contribution in [0.15, 0.2) is 12.2 Å². The standard InChI is InChI=1S/C10H18N2.C10H16N2.CHNS.Cu/c2*1-3-7-11-9(5-1)10-6-2-4-8-12-10;2-1-3;/h9-10H,1-8H2;1,5,9-10H,2-4,6-8H2;3H;/q2*-2;;+1/p-1. The Morgan fingerprint density at radius 3 is 1.54 bits per heavy atom. The minimum Gasteiger partial charge on any atom is -0.696 e. The van der Waals surface area contributed by atoms with Gasteiger partial charge in [-0.15, -0.1) is 44.3 Å². The number of hydrogen-bond donors (Lipinski definition) is 0. The number of nitrogens with zero attached hydrogens (tertiary/aromatic N) is 5. The van der Waals surface area contributed by atoms with Gasteiger partial charge in [-0.25, -0.2) is 5.26 Å². The molecule has 0 aromatic carbocycles. The molecule has 4 unspecified atom stereocenters. The third-order valence-corrected chi connectivity index (χ3v) is 5.62. The monoisotopic (exact) mass is 451 g/mol. The van der Waals surface area contributed by atoms with Crippen molar-refractivity contribution in [3.8, 4) is 5.40 Å². The molecule has 4 atom stereocenters. The molecule has 0 saturated carbocycles. The summed E-state index contributed by atoms with van der Waals surface area (Å²) in [6, 6.07) is 2.12. The van der Waals surface area contributed by atoms with Crippen LogP contribution in [0.3, 0.4) is 0 Å². The molecule has 3 saturated heterocycles. The van der Waals surface area contributed by atoms with E-state index in [1.54, 1.807) is 0 Å². The first kappa shape index (κ1) is 25.8. The van der Waals surface area contributed by atoms with E-state index >= 15 is 0 Å². The molecule has 4 heterocycles. The van der Waals surface area contributed by atoms with Crippen LogP contribution < -0.4 is 0 Å². The Bertz CT molecular complexity index is 423. The zero-order valence-corrected chi connectivity index (χ0v) is 18.6. The van der Waals surface area contributed by atoms with Crippen LogP contribution >= 0.6 is 0 Å². The van der Waals surface area contributed by atoms with Gasteiger partial charge in [0, 0.05) is 0 Å². The maximum atomic E-state index is 7.13. The number of rotatable bonds is 2. The first-order valence-corrected chi connectivity index (χ1v) is 11.1. The fourth-order valence-corrected chi connectivity index (χ4v) is 4.19. The molecule has 7 heteroatoms. The van der Waals surface area contributed by atoms with Crippen molar-refractivity contribution >= 4 is 12.6 Å². The van der Waals surface area contributed by atoms with Gasteiger partial charge in [0.15, 0.2) is 0 Å². The second-order valence-electron chi connectivity index (χ2n) is 7.61. The maximum absolute atomic E-state index is 7.13. The van der Waals surface area contributed by atoms with E-state index in [-0.39, 0.29) is 17.1 Å². The molecule has 4 aliphatic heterocycles. The van der Waals surface area contributed by atoms with Gasteiger partial charge in [-0.3, -0.25) is 0 Å². The van der Waals surface area contributed by atoms with Gasteiger partial charge in [0.05, 0.1) is 0 Å². The second-order valence-corrected chi connectivity index (χ2v) is 7.80. The van der Waals surface area contributed by atoms with Crippen LogP contribution in [0.5, 0.6) is 0 Å². The summed E-state index contributed by atoms with van der Waals surface area (Å²) in [5.74, 6) is 0. The molecule has 0 aromatic rings. The van der Waals surface area contributed by atoms with Gasteiger partial charge in [0.1, 0.15) is 0 Å². The molecule has 28 heavy (non-hydrogen) atoms. The Morgan fingerprint density at radius 1 is 0.714 bits per heavy atom. The largest absolute Gasteiger partial charge is 1.00 e. The first-order valence-electron chi connectivity index (χ1n) is 10.7. The molecule has 0 aliphatic carbocycles. The third kappa shape index (κ3) is 10.0. The van der Waals surface area contributed by atoms with Crippen molar-refractivity contribution in [2.75, 3.05) is 26.2 Å². The van der Waals surface area contributed by atoms with Crippen LogP contribution in [0.1, 0.15) is 64.2 Å². The van der Waals surface area contributed by atoms with E-state index < -0.39 is 0 Å². The van der Waals surface area contributed by atoms with Crippen LogP contribution in [-0.2, 0) is 29.7 Å². The van der Waals surface area contributed by atoms with E-state index in [9.17, 15) is 0 Å². The van der Waals surface area contributed by atoms with Crippen molar-refractivity contribution in [3.63, 3.8) is 0 Å². The minimum atomic E-state index is 0. The number of thiocyanates is 1. The topological polar surface area (TPSA) is 80.2 Å². The Labute approximate surface area is 188 Å². The third-order valence-electron chi connectivity index (χ3n) is 5.62. The molecule has 0 bridgehead atoms.